The molecule has 0 bridgehead atoms. The first-order chi connectivity index (χ1) is 62.0. The van der Waals surface area contributed by atoms with Crippen LogP contribution in [-0.2, 0) is 105 Å². The lowest BCUT2D eigenvalue weighted by Gasteiger charge is -2.31. The minimum Gasteiger partial charge on any atom is -0.481 e. The van der Waals surface area contributed by atoms with Crippen LogP contribution in [0.2, 0.25) is 0 Å². The van der Waals surface area contributed by atoms with Crippen LogP contribution in [0, 0.1) is 10.8 Å². The minimum atomic E-state index is -2.01. The van der Waals surface area contributed by atoms with Crippen molar-refractivity contribution in [1.82, 2.24) is 100 Å². The summed E-state index contributed by atoms with van der Waals surface area (Å²) < 4.78 is 0. The number of carboxylic acid groups (broad SMARTS) is 4. The summed E-state index contributed by atoms with van der Waals surface area (Å²) in [6.45, 7) is -2.51. The van der Waals surface area contributed by atoms with E-state index in [0.717, 1.165) is 9.80 Å². The van der Waals surface area contributed by atoms with Crippen molar-refractivity contribution in [2.75, 3.05) is 85.1 Å². The van der Waals surface area contributed by atoms with Gasteiger partial charge in [0.15, 0.2) is 11.9 Å². The predicted molar refractivity (Wildman–Crippen MR) is 460 cm³/mol. The topological polar surface area (TPSA) is 923 Å². The Balaban J connectivity index is 2.32. The molecule has 2 aliphatic heterocycles. The largest absolute Gasteiger partial charge is 0.481 e. The molecule has 0 spiro atoms. The lowest BCUT2D eigenvalue weighted by Crippen LogP contribution is -2.59. The van der Waals surface area contributed by atoms with Gasteiger partial charge in [0, 0.05) is 32.6 Å². The van der Waals surface area contributed by atoms with Crippen molar-refractivity contribution in [3.05, 3.63) is 0 Å². The number of unbranched alkanes of at least 4 members (excludes halogenated alkanes) is 4. The van der Waals surface area contributed by atoms with Crippen molar-refractivity contribution >= 4 is 142 Å². The van der Waals surface area contributed by atoms with Gasteiger partial charge in [-0.3, -0.25) is 112 Å². The van der Waals surface area contributed by atoms with Crippen LogP contribution >= 0.6 is 0 Å². The SMILES string of the molecule is C[C@H](N)C(=O)N[C@@H](CC(N)=O)C(=O)NCC(=O)NCC(=O)NCC(=O)N[C@@H](CCCCN)C(=O)N[C@@H](CCCCN)C(=O)NCC(=O)N[C@@H](CC(=O)O)C(=O)N[C@@H](CCCCN)C(=O)N[C@@H](CCC(=O)O)C(=O)N1CCC[C@H]1C(=O)N[C@@H](CCCCN)C(=O)NCC(=O)N[C@@H](CC(=O)O)C(=O)N[C@@H](CCCNC(=N)N)C(=O)N1CCC[C@H]1C(=O)N[C@@H](CCCNC(=N)N)C(=O)O. The molecule has 2 aliphatic rings. The summed E-state index contributed by atoms with van der Waals surface area (Å²) in [7, 11) is 0. The number of nitrogens with one attached hydrogen (secondary N) is 19. The molecule has 2 fully saturated rings. The van der Waals surface area contributed by atoms with Crippen molar-refractivity contribution in [2.45, 2.75) is 246 Å². The number of amides is 18. The Bertz CT molecular complexity index is 3960. The Hall–Kier alpha value is -13.3. The normalized spacial score (nSPS) is 15.7. The van der Waals surface area contributed by atoms with E-state index >= 15 is 0 Å². The molecule has 2 heterocycles. The van der Waals surface area contributed by atoms with E-state index in [1.165, 1.54) is 6.92 Å². The van der Waals surface area contributed by atoms with E-state index in [1.807, 2.05) is 0 Å². The summed E-state index contributed by atoms with van der Waals surface area (Å²) in [5.41, 5.74) is 44.3. The first-order valence-electron chi connectivity index (χ1n) is 42.8. The Morgan fingerprint density at radius 3 is 0.992 bits per heavy atom. The van der Waals surface area contributed by atoms with E-state index in [-0.39, 0.29) is 167 Å². The average molecular weight is 1870 g/mol. The van der Waals surface area contributed by atoms with Gasteiger partial charge in [0.1, 0.15) is 72.5 Å². The van der Waals surface area contributed by atoms with Crippen molar-refractivity contribution < 1.29 is 126 Å². The molecule has 0 aliphatic carbocycles. The highest BCUT2D eigenvalue weighted by atomic mass is 16.4. The molecule has 0 radical (unpaired) electrons. The number of nitrogens with zero attached hydrogens (tertiary/aromatic N) is 2. The number of carbonyl (C=O) groups is 22. The van der Waals surface area contributed by atoms with Crippen molar-refractivity contribution in [1.29, 1.82) is 10.8 Å². The zero-order valence-electron chi connectivity index (χ0n) is 73.2. The highest BCUT2D eigenvalue weighted by Gasteiger charge is 2.43. The fourth-order valence-corrected chi connectivity index (χ4v) is 13.3. The van der Waals surface area contributed by atoms with E-state index in [1.54, 1.807) is 0 Å². The van der Waals surface area contributed by atoms with Crippen LogP contribution in [0.1, 0.15) is 167 Å². The molecule has 0 aromatic carbocycles. The van der Waals surface area contributed by atoms with Gasteiger partial charge in [-0.05, 0) is 168 Å². The Morgan fingerprint density at radius 1 is 0.328 bits per heavy atom. The summed E-state index contributed by atoms with van der Waals surface area (Å²) >= 11 is 0. The molecule has 55 nitrogen and oxygen atoms in total. The molecule has 2 saturated heterocycles. The number of aliphatic carboxylic acids is 4. The maximum absolute atomic E-state index is 14.7. The Morgan fingerprint density at radius 2 is 0.626 bits per heavy atom. The molecule has 55 heteroatoms. The van der Waals surface area contributed by atoms with Gasteiger partial charge in [-0.2, -0.15) is 0 Å². The van der Waals surface area contributed by atoms with Crippen molar-refractivity contribution in [2.24, 2.45) is 45.9 Å². The molecular formula is C76H131N29O26. The highest BCUT2D eigenvalue weighted by molar-refractivity contribution is 6.02. The lowest BCUT2D eigenvalue weighted by molar-refractivity contribution is -0.145. The van der Waals surface area contributed by atoms with Crippen molar-refractivity contribution in [3.8, 4) is 0 Å². The van der Waals surface area contributed by atoms with Gasteiger partial charge in [0.05, 0.1) is 58.0 Å². The van der Waals surface area contributed by atoms with Crippen LogP contribution in [0.15, 0.2) is 0 Å². The molecular weight excluding hydrogens is 1740 g/mol. The number of hydrogen-bond donors (Lipinski definition) is 31. The van der Waals surface area contributed by atoms with Crippen LogP contribution in [0.4, 0.5) is 0 Å². The van der Waals surface area contributed by atoms with E-state index in [0.29, 0.717) is 19.3 Å². The third-order valence-corrected chi connectivity index (χ3v) is 20.2. The highest BCUT2D eigenvalue weighted by Crippen LogP contribution is 2.23. The fraction of sp³-hybridized carbons (Fsp3) is 0.684. The van der Waals surface area contributed by atoms with Crippen LogP contribution < -0.4 is 136 Å². The summed E-state index contributed by atoms with van der Waals surface area (Å²) in [6, 6.07) is -19.9. The average Bonchev–Trinajstić information content (AvgIpc) is 1.71. The van der Waals surface area contributed by atoms with Gasteiger partial charge in [-0.1, -0.05) is 0 Å². The smallest absolute Gasteiger partial charge is 0.326 e. The third kappa shape index (κ3) is 46.0. The third-order valence-electron chi connectivity index (χ3n) is 20.2. The van der Waals surface area contributed by atoms with Crippen molar-refractivity contribution in [3.63, 3.8) is 0 Å². The first kappa shape index (κ1) is 114. The number of hydrogen-bond acceptors (Lipinski definition) is 29. The van der Waals surface area contributed by atoms with Gasteiger partial charge in [0.2, 0.25) is 106 Å². The summed E-state index contributed by atoms with van der Waals surface area (Å²) in [5, 5.41) is 94.4. The molecule has 0 saturated carbocycles. The predicted octanol–water partition coefficient (Wildman–Crippen LogP) is -13.4. The molecule has 736 valence electrons. The standard InChI is InChI=1S/C76H131N29O26/c1-40(81)62(118)103-48(32-53(82)106)65(121)91-36-55(108)89-35-54(107)90-37-56(109)94-43(16-4-8-26-79)66(122)97-41(14-2-6-24-77)63(119)92-38-57(110)95-49(33-60(114)115)68(124)98-44(17-5-9-27-80)67(123)101-46(22-23-59(112)113)73(129)105-31-12-20-51(105)70(126)99-42(15-3-7-25-78)64(120)93-39-58(111)96-50(34-61(116)117)69(125)100-45(18-10-28-87-75(83)84)72(128)104-30-13-21-52(104)71(127)102-47(74(130)131)19-11-29-88-76(85)86/h40-52H,2-39,77-81H2,1H3,(H2,82,106)(H,89,108)(H,90,107)(H,91,121)(H,92,119)(H,93,120)(H,94,109)(H,95,110)(H,96,111)(H,97,122)(H,98,124)(H,99,126)(H,100,125)(H,101,123)(H,102,127)(H,103,118)(H,112,113)(H,114,115)(H,116,117)(H,130,131)(H4,83,84,87)(H4,85,86,88)/t40-,41-,42-,43-,44-,45-,46-,47-,48-,49-,50-,51-,52-/m0/s1. The van der Waals surface area contributed by atoms with Crippen LogP contribution in [0.3, 0.4) is 0 Å². The van der Waals surface area contributed by atoms with Gasteiger partial charge >= 0.3 is 23.9 Å². The zero-order valence-corrected chi connectivity index (χ0v) is 73.2. The van der Waals surface area contributed by atoms with Crippen LogP contribution in [0.25, 0.3) is 0 Å². The number of rotatable bonds is 66. The van der Waals surface area contributed by atoms with Gasteiger partial charge in [-0.15, -0.1) is 0 Å². The quantitative estimate of drug-likeness (QED) is 0.0153. The second kappa shape index (κ2) is 62.0. The van der Waals surface area contributed by atoms with Gasteiger partial charge < -0.3 is 166 Å². The molecule has 0 unspecified atom stereocenters. The number of guanidine groups is 2. The number of carboxylic acids is 4. The zero-order chi connectivity index (χ0) is 98.4. The minimum absolute atomic E-state index is 0.0135. The molecule has 0 aromatic rings. The van der Waals surface area contributed by atoms with E-state index < -0.39 is 280 Å². The van der Waals surface area contributed by atoms with Crippen LogP contribution in [0.5, 0.6) is 0 Å². The maximum atomic E-state index is 14.7. The molecule has 131 heavy (non-hydrogen) atoms. The number of likely N-dealkylation sites (tertiary alicyclic amines) is 2. The summed E-state index contributed by atoms with van der Waals surface area (Å²) in [6.07, 6.45) is -2.66. The number of nitrogens with two attached hydrogens (primary N) is 8. The molecule has 2 rings (SSSR count). The summed E-state index contributed by atoms with van der Waals surface area (Å²) in [5.74, 6) is -25.0. The molecule has 0 aromatic heterocycles. The second-order valence-corrected chi connectivity index (χ2v) is 30.9. The second-order valence-electron chi connectivity index (χ2n) is 30.9. The van der Waals surface area contributed by atoms with Crippen LogP contribution in [-0.4, -0.2) is 336 Å². The van der Waals surface area contributed by atoms with Gasteiger partial charge in [-0.25, -0.2) is 4.79 Å². The van der Waals surface area contributed by atoms with Gasteiger partial charge in [0.25, 0.3) is 0 Å². The number of primary amides is 1. The van der Waals surface area contributed by atoms with E-state index in [2.05, 4.69) is 90.4 Å². The first-order valence-corrected chi connectivity index (χ1v) is 42.8. The van der Waals surface area contributed by atoms with E-state index in [4.69, 9.17) is 56.7 Å². The van der Waals surface area contributed by atoms with E-state index in [9.17, 15) is 126 Å². The Kier molecular flexibility index (Phi) is 53.8. The summed E-state index contributed by atoms with van der Waals surface area (Å²) in [4.78, 5) is 294. The molecule has 18 amide bonds. The molecule has 39 N–H and O–H groups in total. The lowest BCUT2D eigenvalue weighted by atomic mass is 10.0. The fourth-order valence-electron chi connectivity index (χ4n) is 13.3. The molecule has 13 atom stereocenters. The monoisotopic (exact) mass is 1870 g/mol. The maximum Gasteiger partial charge on any atom is 0.326 e. The number of carbonyl (C=O) groups excluding carboxylic acids is 18. The Labute approximate surface area is 753 Å².